The molecule has 1 aromatic rings. The summed E-state index contributed by atoms with van der Waals surface area (Å²) in [5.74, 6) is -0.311. The highest BCUT2D eigenvalue weighted by molar-refractivity contribution is 5.66. The van der Waals surface area contributed by atoms with E-state index in [2.05, 4.69) is 5.32 Å². The molecule has 0 aromatic heterocycles. The lowest BCUT2D eigenvalue weighted by Gasteiger charge is -2.34. The highest BCUT2D eigenvalue weighted by Crippen LogP contribution is 2.22. The summed E-state index contributed by atoms with van der Waals surface area (Å²) in [6, 6.07) is 5.73. The van der Waals surface area contributed by atoms with Crippen molar-refractivity contribution in [1.29, 1.82) is 0 Å². The molecule has 1 aromatic carbocycles. The molecule has 86 valence electrons. The molecule has 1 fully saturated rings. The third-order valence-electron chi connectivity index (χ3n) is 2.74. The summed E-state index contributed by atoms with van der Waals surface area (Å²) in [4.78, 5) is 12.4. The fraction of sp³-hybridized carbons (Fsp3) is 0.364. The second kappa shape index (κ2) is 4.49. The van der Waals surface area contributed by atoms with Crippen LogP contribution < -0.4 is 5.32 Å². The van der Waals surface area contributed by atoms with Crippen molar-refractivity contribution >= 4 is 6.09 Å². The summed E-state index contributed by atoms with van der Waals surface area (Å²) in [6.07, 6.45) is -0.934. The summed E-state index contributed by atoms with van der Waals surface area (Å²) in [7, 11) is 0. The van der Waals surface area contributed by atoms with E-state index in [0.717, 1.165) is 5.56 Å². The van der Waals surface area contributed by atoms with Gasteiger partial charge in [-0.2, -0.15) is 0 Å². The number of hydrogen-bond donors (Lipinski definition) is 2. The van der Waals surface area contributed by atoms with E-state index in [1.54, 1.807) is 12.1 Å². The molecule has 0 bridgehead atoms. The molecule has 1 saturated heterocycles. The van der Waals surface area contributed by atoms with E-state index in [4.69, 9.17) is 5.11 Å². The van der Waals surface area contributed by atoms with E-state index in [1.165, 1.54) is 17.0 Å². The van der Waals surface area contributed by atoms with Crippen LogP contribution in [0.3, 0.4) is 0 Å². The molecule has 2 N–H and O–H groups in total. The van der Waals surface area contributed by atoms with Crippen LogP contribution in [0.4, 0.5) is 9.18 Å². The van der Waals surface area contributed by atoms with Crippen LogP contribution in [0.15, 0.2) is 24.3 Å². The Morgan fingerprint density at radius 2 is 2.12 bits per heavy atom. The van der Waals surface area contributed by atoms with Gasteiger partial charge in [-0.15, -0.1) is 0 Å². The molecule has 1 heterocycles. The second-order valence-corrected chi connectivity index (χ2v) is 3.75. The first-order valence-corrected chi connectivity index (χ1v) is 5.14. The number of amides is 1. The Kier molecular flexibility index (Phi) is 3.05. The lowest BCUT2D eigenvalue weighted by molar-refractivity contribution is 0.112. The van der Waals surface area contributed by atoms with Crippen molar-refractivity contribution in [3.63, 3.8) is 0 Å². The Labute approximate surface area is 92.7 Å². The quantitative estimate of drug-likeness (QED) is 0.759. The van der Waals surface area contributed by atoms with Crippen molar-refractivity contribution < 1.29 is 14.3 Å². The lowest BCUT2D eigenvalue weighted by Crippen LogP contribution is -2.48. The molecule has 1 aliphatic rings. The third kappa shape index (κ3) is 2.14. The van der Waals surface area contributed by atoms with Gasteiger partial charge in [0.1, 0.15) is 5.82 Å². The molecule has 0 radical (unpaired) electrons. The molecule has 16 heavy (non-hydrogen) atoms. The molecule has 1 unspecified atom stereocenters. The van der Waals surface area contributed by atoms with Gasteiger partial charge in [-0.3, -0.25) is 4.90 Å². The Balaban J connectivity index is 2.23. The Morgan fingerprint density at radius 1 is 1.44 bits per heavy atom. The van der Waals surface area contributed by atoms with Gasteiger partial charge in [0, 0.05) is 19.6 Å². The topological polar surface area (TPSA) is 52.6 Å². The minimum Gasteiger partial charge on any atom is -0.465 e. The Morgan fingerprint density at radius 3 is 2.75 bits per heavy atom. The van der Waals surface area contributed by atoms with E-state index in [9.17, 15) is 9.18 Å². The number of nitrogens with one attached hydrogen (secondary N) is 1. The van der Waals surface area contributed by atoms with Gasteiger partial charge in [-0.1, -0.05) is 12.1 Å². The molecule has 2 rings (SSSR count). The van der Waals surface area contributed by atoms with Crippen molar-refractivity contribution in [2.24, 2.45) is 0 Å². The SMILES string of the molecule is O=C(O)N1CCNCC1c1ccc(F)cc1. The number of piperazine rings is 1. The Hall–Kier alpha value is -1.62. The molecule has 4 nitrogen and oxygen atoms in total. The van der Waals surface area contributed by atoms with Crippen molar-refractivity contribution in [2.45, 2.75) is 6.04 Å². The van der Waals surface area contributed by atoms with Crippen molar-refractivity contribution in [2.75, 3.05) is 19.6 Å². The molecule has 1 aliphatic heterocycles. The summed E-state index contributed by atoms with van der Waals surface area (Å²) in [6.45, 7) is 1.68. The predicted octanol–water partition coefficient (Wildman–Crippen LogP) is 1.45. The molecular weight excluding hydrogens is 211 g/mol. The molecule has 1 atom stereocenters. The fourth-order valence-electron chi connectivity index (χ4n) is 1.92. The standard InChI is InChI=1S/C11H13FN2O2/c12-9-3-1-8(2-4-9)10-7-13-5-6-14(10)11(15)16/h1-4,10,13H,5-7H2,(H,15,16). The minimum absolute atomic E-state index is 0.230. The van der Waals surface area contributed by atoms with Gasteiger partial charge < -0.3 is 10.4 Å². The molecular formula is C11H13FN2O2. The summed E-state index contributed by atoms with van der Waals surface area (Å²) in [5, 5.41) is 12.2. The normalized spacial score (nSPS) is 20.8. The van der Waals surface area contributed by atoms with Gasteiger partial charge in [0.25, 0.3) is 0 Å². The zero-order valence-electron chi connectivity index (χ0n) is 8.69. The average Bonchev–Trinajstić information content (AvgIpc) is 2.30. The number of benzene rings is 1. The smallest absolute Gasteiger partial charge is 0.407 e. The highest BCUT2D eigenvalue weighted by Gasteiger charge is 2.27. The summed E-state index contributed by atoms with van der Waals surface area (Å²) in [5.41, 5.74) is 0.816. The maximum absolute atomic E-state index is 12.8. The maximum Gasteiger partial charge on any atom is 0.407 e. The van der Waals surface area contributed by atoms with Crippen LogP contribution >= 0.6 is 0 Å². The van der Waals surface area contributed by atoms with Gasteiger partial charge in [-0.05, 0) is 17.7 Å². The minimum atomic E-state index is -0.934. The van der Waals surface area contributed by atoms with Crippen LogP contribution in [0, 0.1) is 5.82 Å². The average molecular weight is 224 g/mol. The fourth-order valence-corrected chi connectivity index (χ4v) is 1.92. The maximum atomic E-state index is 12.8. The van der Waals surface area contributed by atoms with E-state index in [-0.39, 0.29) is 11.9 Å². The van der Waals surface area contributed by atoms with Crippen LogP contribution in [0.25, 0.3) is 0 Å². The van der Waals surface area contributed by atoms with Crippen LogP contribution in [0.2, 0.25) is 0 Å². The first kappa shape index (κ1) is 10.9. The number of hydrogen-bond acceptors (Lipinski definition) is 2. The molecule has 0 spiro atoms. The van der Waals surface area contributed by atoms with E-state index in [1.807, 2.05) is 0 Å². The van der Waals surface area contributed by atoms with Gasteiger partial charge in [0.15, 0.2) is 0 Å². The van der Waals surface area contributed by atoms with Crippen LogP contribution in [-0.2, 0) is 0 Å². The first-order chi connectivity index (χ1) is 7.68. The zero-order valence-corrected chi connectivity index (χ0v) is 8.69. The highest BCUT2D eigenvalue weighted by atomic mass is 19.1. The monoisotopic (exact) mass is 224 g/mol. The number of nitrogens with zero attached hydrogens (tertiary/aromatic N) is 1. The molecule has 0 saturated carbocycles. The van der Waals surface area contributed by atoms with Crippen LogP contribution in [-0.4, -0.2) is 35.7 Å². The third-order valence-corrected chi connectivity index (χ3v) is 2.74. The summed E-state index contributed by atoms with van der Waals surface area (Å²) >= 11 is 0. The lowest BCUT2D eigenvalue weighted by atomic mass is 10.0. The van der Waals surface area contributed by atoms with Gasteiger partial charge in [-0.25, -0.2) is 9.18 Å². The van der Waals surface area contributed by atoms with E-state index < -0.39 is 6.09 Å². The predicted molar refractivity (Wildman–Crippen MR) is 56.7 cm³/mol. The second-order valence-electron chi connectivity index (χ2n) is 3.75. The molecule has 0 aliphatic carbocycles. The molecule has 5 heteroatoms. The zero-order chi connectivity index (χ0) is 11.5. The first-order valence-electron chi connectivity index (χ1n) is 5.14. The van der Waals surface area contributed by atoms with Crippen molar-refractivity contribution in [1.82, 2.24) is 10.2 Å². The van der Waals surface area contributed by atoms with Crippen LogP contribution in [0.5, 0.6) is 0 Å². The van der Waals surface area contributed by atoms with Crippen molar-refractivity contribution in [3.8, 4) is 0 Å². The van der Waals surface area contributed by atoms with E-state index in [0.29, 0.717) is 19.6 Å². The summed E-state index contributed by atoms with van der Waals surface area (Å²) < 4.78 is 12.8. The number of halogens is 1. The van der Waals surface area contributed by atoms with Crippen LogP contribution in [0.1, 0.15) is 11.6 Å². The van der Waals surface area contributed by atoms with Gasteiger partial charge in [0.05, 0.1) is 6.04 Å². The van der Waals surface area contributed by atoms with Crippen molar-refractivity contribution in [3.05, 3.63) is 35.6 Å². The largest absolute Gasteiger partial charge is 0.465 e. The van der Waals surface area contributed by atoms with Gasteiger partial charge >= 0.3 is 6.09 Å². The van der Waals surface area contributed by atoms with Gasteiger partial charge in [0.2, 0.25) is 0 Å². The Bertz CT molecular complexity index is 380. The van der Waals surface area contributed by atoms with E-state index >= 15 is 0 Å². The number of carbonyl (C=O) groups is 1. The molecule has 1 amide bonds. The number of carboxylic acid groups (broad SMARTS) is 1. The number of rotatable bonds is 1.